The summed E-state index contributed by atoms with van der Waals surface area (Å²) >= 11 is 0. The number of H-pyrrole nitrogens is 1. The number of fused-ring (bicyclic) bond motifs is 1. The van der Waals surface area contributed by atoms with E-state index in [4.69, 9.17) is 10.8 Å². The zero-order chi connectivity index (χ0) is 14.5. The molecule has 0 saturated carbocycles. The minimum atomic E-state index is -0.968. The fraction of sp³-hybridized carbons (Fsp3) is 0.154. The number of aromatic nitrogens is 1. The number of benzene rings is 1. The van der Waals surface area contributed by atoms with Gasteiger partial charge in [-0.1, -0.05) is 18.2 Å². The average molecular weight is 274 g/mol. The molecule has 20 heavy (non-hydrogen) atoms. The Balaban J connectivity index is 2.06. The minimum Gasteiger partial charge on any atom is -0.481 e. The molecule has 104 valence electrons. The van der Waals surface area contributed by atoms with E-state index in [9.17, 15) is 9.59 Å². The highest BCUT2D eigenvalue weighted by Crippen LogP contribution is 2.17. The number of para-hydroxylation sites is 1. The Morgan fingerprint density at radius 3 is 2.85 bits per heavy atom. The van der Waals surface area contributed by atoms with Crippen LogP contribution in [0.5, 0.6) is 0 Å². The van der Waals surface area contributed by atoms with E-state index in [1.807, 2.05) is 24.3 Å². The molecule has 0 unspecified atom stereocenters. The lowest BCUT2D eigenvalue weighted by Crippen LogP contribution is -2.36. The molecule has 7 nitrogen and oxygen atoms in total. The maximum Gasteiger partial charge on any atom is 0.305 e. The second kappa shape index (κ2) is 5.87. The predicted molar refractivity (Wildman–Crippen MR) is 74.5 cm³/mol. The van der Waals surface area contributed by atoms with Gasteiger partial charge in [0.15, 0.2) is 5.96 Å². The first-order chi connectivity index (χ1) is 9.58. The number of hydrogen-bond acceptors (Lipinski definition) is 3. The van der Waals surface area contributed by atoms with Gasteiger partial charge in [0.05, 0.1) is 18.5 Å². The summed E-state index contributed by atoms with van der Waals surface area (Å²) in [6, 6.07) is 7.37. The highest BCUT2D eigenvalue weighted by atomic mass is 16.4. The van der Waals surface area contributed by atoms with Crippen molar-refractivity contribution >= 4 is 28.7 Å². The number of nitrogens with two attached hydrogens (primary N) is 1. The van der Waals surface area contributed by atoms with Crippen LogP contribution in [-0.4, -0.2) is 34.5 Å². The smallest absolute Gasteiger partial charge is 0.305 e. The molecule has 1 amide bonds. The molecule has 7 heteroatoms. The first-order valence-corrected chi connectivity index (χ1v) is 5.97. The molecule has 0 fully saturated rings. The number of guanidine groups is 1. The van der Waals surface area contributed by atoms with Gasteiger partial charge >= 0.3 is 5.97 Å². The van der Waals surface area contributed by atoms with Crippen LogP contribution < -0.4 is 11.1 Å². The van der Waals surface area contributed by atoms with Gasteiger partial charge in [0.1, 0.15) is 0 Å². The molecular formula is C13H14N4O3. The van der Waals surface area contributed by atoms with Crippen LogP contribution in [-0.2, 0) is 4.79 Å². The number of amides is 1. The number of nitrogens with one attached hydrogen (secondary N) is 2. The third-order valence-corrected chi connectivity index (χ3v) is 2.68. The number of aromatic amines is 1. The fourth-order valence-electron chi connectivity index (χ4n) is 1.75. The standard InChI is InChI=1S/C13H14N4O3/c14-13(15-6-5-11(18)19)17-12(20)9-7-16-10-4-2-1-3-8(9)10/h1-4,7,16H,5-6H2,(H,18,19)(H3,14,15,17,20). The predicted octanol–water partition coefficient (Wildman–Crippen LogP) is 0.687. The molecule has 2 aromatic rings. The number of carbonyl (C=O) groups is 2. The lowest BCUT2D eigenvalue weighted by Gasteiger charge is -2.03. The van der Waals surface area contributed by atoms with Crippen LogP contribution in [0.4, 0.5) is 0 Å². The van der Waals surface area contributed by atoms with Gasteiger partial charge in [-0.25, -0.2) is 0 Å². The maximum atomic E-state index is 12.0. The van der Waals surface area contributed by atoms with Crippen LogP contribution in [0.3, 0.4) is 0 Å². The SMILES string of the molecule is NC(=NCCC(=O)O)NC(=O)c1c[nH]c2ccccc12. The number of carbonyl (C=O) groups excluding carboxylic acids is 1. The van der Waals surface area contributed by atoms with Crippen molar-refractivity contribution in [2.24, 2.45) is 10.7 Å². The van der Waals surface area contributed by atoms with Crippen molar-refractivity contribution in [3.05, 3.63) is 36.0 Å². The lowest BCUT2D eigenvalue weighted by atomic mass is 10.1. The minimum absolute atomic E-state index is 0.0231. The monoisotopic (exact) mass is 274 g/mol. The Kier molecular flexibility index (Phi) is 3.99. The van der Waals surface area contributed by atoms with E-state index in [0.29, 0.717) is 5.56 Å². The van der Waals surface area contributed by atoms with Crippen molar-refractivity contribution in [2.75, 3.05) is 6.54 Å². The van der Waals surface area contributed by atoms with Crippen LogP contribution in [0.25, 0.3) is 10.9 Å². The molecular weight excluding hydrogens is 260 g/mol. The van der Waals surface area contributed by atoms with Crippen LogP contribution >= 0.6 is 0 Å². The van der Waals surface area contributed by atoms with E-state index in [0.717, 1.165) is 10.9 Å². The quantitative estimate of drug-likeness (QED) is 0.484. The van der Waals surface area contributed by atoms with E-state index >= 15 is 0 Å². The highest BCUT2D eigenvalue weighted by Gasteiger charge is 2.12. The number of carboxylic acid groups (broad SMARTS) is 1. The van der Waals surface area contributed by atoms with Crippen LogP contribution in [0.15, 0.2) is 35.5 Å². The summed E-state index contributed by atoms with van der Waals surface area (Å²) in [6.07, 6.45) is 1.45. The van der Waals surface area contributed by atoms with E-state index in [-0.39, 0.29) is 24.8 Å². The zero-order valence-electron chi connectivity index (χ0n) is 10.6. The summed E-state index contributed by atoms with van der Waals surface area (Å²) in [7, 11) is 0. The summed E-state index contributed by atoms with van der Waals surface area (Å²) in [5.74, 6) is -1.45. The molecule has 0 spiro atoms. The first kappa shape index (κ1) is 13.6. The van der Waals surface area contributed by atoms with Crippen molar-refractivity contribution < 1.29 is 14.7 Å². The second-order valence-corrected chi connectivity index (χ2v) is 4.11. The Bertz CT molecular complexity index is 675. The first-order valence-electron chi connectivity index (χ1n) is 5.97. The number of hydrogen-bond donors (Lipinski definition) is 4. The second-order valence-electron chi connectivity index (χ2n) is 4.11. The number of rotatable bonds is 4. The molecule has 1 heterocycles. The maximum absolute atomic E-state index is 12.0. The third-order valence-electron chi connectivity index (χ3n) is 2.68. The normalized spacial score (nSPS) is 11.5. The van der Waals surface area contributed by atoms with Gasteiger partial charge in [0, 0.05) is 17.1 Å². The molecule has 2 rings (SSSR count). The molecule has 0 atom stereocenters. The molecule has 1 aromatic heterocycles. The van der Waals surface area contributed by atoms with Crippen molar-refractivity contribution in [3.63, 3.8) is 0 Å². The van der Waals surface area contributed by atoms with E-state index in [1.165, 1.54) is 0 Å². The topological polar surface area (TPSA) is 121 Å². The Morgan fingerprint density at radius 2 is 2.10 bits per heavy atom. The van der Waals surface area contributed by atoms with Gasteiger partial charge in [-0.2, -0.15) is 0 Å². The molecule has 0 aliphatic rings. The molecule has 0 aliphatic heterocycles. The zero-order valence-corrected chi connectivity index (χ0v) is 10.6. The Morgan fingerprint density at radius 1 is 1.35 bits per heavy atom. The summed E-state index contributed by atoms with van der Waals surface area (Å²) in [5.41, 5.74) is 6.83. The van der Waals surface area contributed by atoms with E-state index in [2.05, 4.69) is 15.3 Å². The van der Waals surface area contributed by atoms with Crippen LogP contribution in [0, 0.1) is 0 Å². The molecule has 5 N–H and O–H groups in total. The summed E-state index contributed by atoms with van der Waals surface area (Å²) < 4.78 is 0. The number of aliphatic carboxylic acids is 1. The van der Waals surface area contributed by atoms with Crippen LogP contribution in [0.1, 0.15) is 16.8 Å². The van der Waals surface area contributed by atoms with Gasteiger partial charge < -0.3 is 15.8 Å². The largest absolute Gasteiger partial charge is 0.481 e. The van der Waals surface area contributed by atoms with Crippen molar-refractivity contribution in [3.8, 4) is 0 Å². The highest BCUT2D eigenvalue weighted by molar-refractivity contribution is 6.12. The van der Waals surface area contributed by atoms with Gasteiger partial charge in [-0.05, 0) is 6.07 Å². The Hall–Kier alpha value is -2.83. The van der Waals surface area contributed by atoms with Crippen molar-refractivity contribution in [1.29, 1.82) is 0 Å². The molecule has 0 aliphatic carbocycles. The van der Waals surface area contributed by atoms with Gasteiger partial charge in [-0.3, -0.25) is 19.9 Å². The number of carboxylic acids is 1. The third kappa shape index (κ3) is 3.14. The van der Waals surface area contributed by atoms with E-state index < -0.39 is 5.97 Å². The molecule has 0 saturated heterocycles. The van der Waals surface area contributed by atoms with E-state index in [1.54, 1.807) is 6.20 Å². The van der Waals surface area contributed by atoms with Gasteiger partial charge in [-0.15, -0.1) is 0 Å². The summed E-state index contributed by atoms with van der Waals surface area (Å²) in [5, 5.41) is 11.7. The number of aliphatic imine (C=N–C) groups is 1. The average Bonchev–Trinajstić information content (AvgIpc) is 2.82. The van der Waals surface area contributed by atoms with Crippen molar-refractivity contribution in [2.45, 2.75) is 6.42 Å². The van der Waals surface area contributed by atoms with Crippen molar-refractivity contribution in [1.82, 2.24) is 10.3 Å². The van der Waals surface area contributed by atoms with Gasteiger partial charge in [0.25, 0.3) is 5.91 Å². The van der Waals surface area contributed by atoms with Gasteiger partial charge in [0.2, 0.25) is 0 Å². The lowest BCUT2D eigenvalue weighted by molar-refractivity contribution is -0.136. The number of nitrogens with zero attached hydrogens (tertiary/aromatic N) is 1. The molecule has 0 bridgehead atoms. The molecule has 0 radical (unpaired) electrons. The fourth-order valence-corrected chi connectivity index (χ4v) is 1.75. The summed E-state index contributed by atoms with van der Waals surface area (Å²) in [4.78, 5) is 29.1. The summed E-state index contributed by atoms with van der Waals surface area (Å²) in [6.45, 7) is 0.0231. The molecule has 1 aromatic carbocycles. The Labute approximate surface area is 114 Å². The van der Waals surface area contributed by atoms with Crippen LogP contribution in [0.2, 0.25) is 0 Å².